The van der Waals surface area contributed by atoms with E-state index in [4.69, 9.17) is 5.10 Å². The zero-order valence-corrected chi connectivity index (χ0v) is 32.9. The third-order valence-electron chi connectivity index (χ3n) is 9.77. The molecule has 0 bridgehead atoms. The average molecular weight is 659 g/mol. The van der Waals surface area contributed by atoms with Gasteiger partial charge >= 0.3 is 0 Å². The third-order valence-corrected chi connectivity index (χ3v) is 9.77. The van der Waals surface area contributed by atoms with Crippen LogP contribution in [0.2, 0.25) is 0 Å². The van der Waals surface area contributed by atoms with E-state index in [-0.39, 0.29) is 21.7 Å². The number of nitrogens with zero attached hydrogens (tertiary/aromatic N) is 2. The van der Waals surface area contributed by atoms with Crippen molar-refractivity contribution >= 4 is 12.2 Å². The summed E-state index contributed by atoms with van der Waals surface area (Å²) in [5.74, 6) is 0. The number of aromatic nitrogens is 2. The van der Waals surface area contributed by atoms with Crippen LogP contribution in [0.1, 0.15) is 155 Å². The van der Waals surface area contributed by atoms with Crippen LogP contribution in [-0.4, -0.2) is 9.78 Å². The van der Waals surface area contributed by atoms with Gasteiger partial charge in [-0.25, -0.2) is 4.68 Å². The summed E-state index contributed by atoms with van der Waals surface area (Å²) in [5.41, 5.74) is 10.5. The van der Waals surface area contributed by atoms with Crippen molar-refractivity contribution in [1.29, 1.82) is 0 Å². The van der Waals surface area contributed by atoms with E-state index in [1.165, 1.54) is 66.3 Å². The maximum Gasteiger partial charge on any atom is 0.0862 e. The summed E-state index contributed by atoms with van der Waals surface area (Å²) >= 11 is 0. The molecule has 264 valence electrons. The summed E-state index contributed by atoms with van der Waals surface area (Å²) in [5, 5.41) is 5.15. The minimum absolute atomic E-state index is 0.105. The average Bonchev–Trinajstić information content (AvgIpc) is 3.44. The Morgan fingerprint density at radius 1 is 0.571 bits per heavy atom. The number of aryl methyl sites for hydroxylation is 1. The SMILES string of the molecule is CCCCCCCCc1ccc(-n2nc(C=Cc3ccc(C(C)(C)CC(C)(C)C)cc3)cc2-c2ccc(C(C)(C)CC(C)(C)C)cc2)cc1. The van der Waals surface area contributed by atoms with E-state index in [2.05, 4.69) is 172 Å². The quantitative estimate of drug-likeness (QED) is 0.116. The fourth-order valence-electron chi connectivity index (χ4n) is 7.97. The maximum absolute atomic E-state index is 5.15. The van der Waals surface area contributed by atoms with E-state index in [1.807, 2.05) is 0 Å². The highest BCUT2D eigenvalue weighted by molar-refractivity contribution is 5.72. The van der Waals surface area contributed by atoms with Gasteiger partial charge in [0.1, 0.15) is 0 Å². The largest absolute Gasteiger partial charge is 0.233 e. The van der Waals surface area contributed by atoms with Gasteiger partial charge in [0, 0.05) is 5.56 Å². The molecule has 2 heteroatoms. The zero-order chi connectivity index (χ0) is 35.9. The normalized spacial score (nSPS) is 13.0. The topological polar surface area (TPSA) is 17.8 Å². The minimum atomic E-state index is 0.105. The summed E-state index contributed by atoms with van der Waals surface area (Å²) < 4.78 is 2.13. The van der Waals surface area contributed by atoms with Gasteiger partial charge in [0.2, 0.25) is 0 Å². The fourth-order valence-corrected chi connectivity index (χ4v) is 7.97. The molecule has 3 aromatic carbocycles. The van der Waals surface area contributed by atoms with E-state index in [9.17, 15) is 0 Å². The molecule has 0 saturated carbocycles. The van der Waals surface area contributed by atoms with Crippen molar-refractivity contribution in [2.75, 3.05) is 0 Å². The van der Waals surface area contributed by atoms with Crippen LogP contribution in [0.3, 0.4) is 0 Å². The first-order chi connectivity index (χ1) is 23.0. The van der Waals surface area contributed by atoms with Crippen LogP contribution in [0, 0.1) is 10.8 Å². The van der Waals surface area contributed by atoms with E-state index in [1.54, 1.807) is 0 Å². The Balaban J connectivity index is 1.60. The Bertz CT molecular complexity index is 1610. The molecule has 49 heavy (non-hydrogen) atoms. The molecular formula is C47H66N2. The molecule has 4 aromatic rings. The molecule has 0 aliphatic rings. The van der Waals surface area contributed by atoms with Crippen LogP contribution in [-0.2, 0) is 17.3 Å². The van der Waals surface area contributed by atoms with E-state index in [0.29, 0.717) is 0 Å². The van der Waals surface area contributed by atoms with Gasteiger partial charge in [0.05, 0.1) is 17.1 Å². The molecule has 0 spiro atoms. The lowest BCUT2D eigenvalue weighted by atomic mass is 9.72. The van der Waals surface area contributed by atoms with Crippen LogP contribution in [0.25, 0.3) is 29.1 Å². The first-order valence-electron chi connectivity index (χ1n) is 19.0. The molecule has 1 aromatic heterocycles. The fraction of sp³-hybridized carbons (Fsp3) is 0.511. The summed E-state index contributed by atoms with van der Waals surface area (Å²) in [6, 6.07) is 29.6. The van der Waals surface area contributed by atoms with Gasteiger partial charge in [-0.3, -0.25) is 0 Å². The molecule has 0 aliphatic carbocycles. The van der Waals surface area contributed by atoms with E-state index >= 15 is 0 Å². The Kier molecular flexibility index (Phi) is 12.6. The van der Waals surface area contributed by atoms with Crippen LogP contribution in [0.4, 0.5) is 0 Å². The number of hydrogen-bond acceptors (Lipinski definition) is 1. The molecule has 0 fully saturated rings. The van der Waals surface area contributed by atoms with Crippen molar-refractivity contribution in [3.63, 3.8) is 0 Å². The first-order valence-corrected chi connectivity index (χ1v) is 19.0. The smallest absolute Gasteiger partial charge is 0.0862 e. The van der Waals surface area contributed by atoms with Gasteiger partial charge in [0.15, 0.2) is 0 Å². The molecule has 4 rings (SSSR count). The molecule has 2 nitrogen and oxygen atoms in total. The standard InChI is InChI=1S/C47H66N2/c1-12-13-14-15-16-17-18-36-22-31-42(32-23-36)49-43(38-24-28-40(29-25-38)47(10,11)35-45(5,6)7)33-41(48-49)30-21-37-19-26-39(27-20-37)46(8,9)34-44(2,3)4/h19-33H,12-18,34-35H2,1-11H3. The Hall–Kier alpha value is -3.39. The molecule has 0 N–H and O–H groups in total. The first kappa shape index (κ1) is 38.4. The molecule has 0 atom stereocenters. The summed E-state index contributed by atoms with van der Waals surface area (Å²) in [6.07, 6.45) is 15.7. The second-order valence-electron chi connectivity index (χ2n) is 18.3. The molecule has 0 saturated heterocycles. The lowest BCUT2D eigenvalue weighted by Crippen LogP contribution is -2.24. The number of rotatable bonds is 15. The lowest BCUT2D eigenvalue weighted by Gasteiger charge is -2.33. The molecular weight excluding hydrogens is 593 g/mol. The maximum atomic E-state index is 5.15. The highest BCUT2D eigenvalue weighted by Gasteiger charge is 2.28. The van der Waals surface area contributed by atoms with Gasteiger partial charge in [-0.15, -0.1) is 0 Å². The summed E-state index contributed by atoms with van der Waals surface area (Å²) in [7, 11) is 0. The van der Waals surface area contributed by atoms with Crippen molar-refractivity contribution in [2.45, 2.75) is 145 Å². The lowest BCUT2D eigenvalue weighted by molar-refractivity contribution is 0.283. The molecule has 0 radical (unpaired) electrons. The van der Waals surface area contributed by atoms with Gasteiger partial charge < -0.3 is 0 Å². The van der Waals surface area contributed by atoms with Crippen LogP contribution >= 0.6 is 0 Å². The molecule has 0 aliphatic heterocycles. The minimum Gasteiger partial charge on any atom is -0.233 e. The second-order valence-corrected chi connectivity index (χ2v) is 18.3. The van der Waals surface area contributed by atoms with Crippen molar-refractivity contribution in [1.82, 2.24) is 9.78 Å². The Morgan fingerprint density at radius 3 is 1.61 bits per heavy atom. The van der Waals surface area contributed by atoms with Gasteiger partial charge in [0.25, 0.3) is 0 Å². The van der Waals surface area contributed by atoms with Gasteiger partial charge in [-0.1, -0.05) is 175 Å². The predicted molar refractivity (Wildman–Crippen MR) is 216 cm³/mol. The van der Waals surface area contributed by atoms with Crippen LogP contribution in [0.5, 0.6) is 0 Å². The van der Waals surface area contributed by atoms with Crippen LogP contribution in [0.15, 0.2) is 78.9 Å². The number of benzene rings is 3. The second kappa shape index (κ2) is 16.1. The Morgan fingerprint density at radius 2 is 1.08 bits per heavy atom. The monoisotopic (exact) mass is 659 g/mol. The van der Waals surface area contributed by atoms with Gasteiger partial charge in [-0.05, 0) is 93.9 Å². The van der Waals surface area contributed by atoms with Crippen molar-refractivity contribution in [2.24, 2.45) is 10.8 Å². The number of hydrogen-bond donors (Lipinski definition) is 0. The predicted octanol–water partition coefficient (Wildman–Crippen LogP) is 14.0. The molecule has 0 unspecified atom stereocenters. The van der Waals surface area contributed by atoms with Crippen molar-refractivity contribution in [3.05, 3.63) is 107 Å². The highest BCUT2D eigenvalue weighted by atomic mass is 15.3. The van der Waals surface area contributed by atoms with Crippen molar-refractivity contribution < 1.29 is 0 Å². The summed E-state index contributed by atoms with van der Waals surface area (Å²) in [4.78, 5) is 0. The number of unbranched alkanes of at least 4 members (excludes halogenated alkanes) is 5. The Labute approximate surface area is 300 Å². The van der Waals surface area contributed by atoms with Crippen LogP contribution < -0.4 is 0 Å². The zero-order valence-electron chi connectivity index (χ0n) is 32.9. The third kappa shape index (κ3) is 11.6. The van der Waals surface area contributed by atoms with Crippen molar-refractivity contribution in [3.8, 4) is 16.9 Å². The highest BCUT2D eigenvalue weighted by Crippen LogP contribution is 2.38. The van der Waals surface area contributed by atoms with Gasteiger partial charge in [-0.2, -0.15) is 5.10 Å². The summed E-state index contributed by atoms with van der Waals surface area (Å²) in [6.45, 7) is 25.7. The molecule has 1 heterocycles. The van der Waals surface area contributed by atoms with E-state index < -0.39 is 0 Å². The van der Waals surface area contributed by atoms with E-state index in [0.717, 1.165) is 36.3 Å². The molecule has 0 amide bonds.